The SMILES string of the molecule is O=C(O)c1cc(S(=O)(=O)N2CCCCCCC2)ccc1F. The van der Waals surface area contributed by atoms with Crippen LogP contribution in [-0.4, -0.2) is 36.9 Å². The van der Waals surface area contributed by atoms with Crippen LogP contribution in [0.2, 0.25) is 0 Å². The molecule has 0 aromatic heterocycles. The average Bonchev–Trinajstić information content (AvgIpc) is 2.37. The molecule has 1 saturated heterocycles. The van der Waals surface area contributed by atoms with Gasteiger partial charge in [-0.2, -0.15) is 4.31 Å². The Labute approximate surface area is 123 Å². The van der Waals surface area contributed by atoms with Crippen molar-refractivity contribution in [1.82, 2.24) is 4.31 Å². The monoisotopic (exact) mass is 315 g/mol. The Morgan fingerprint density at radius 1 is 1.10 bits per heavy atom. The maximum Gasteiger partial charge on any atom is 0.338 e. The summed E-state index contributed by atoms with van der Waals surface area (Å²) in [4.78, 5) is 10.8. The molecule has 1 heterocycles. The molecular formula is C14H18FNO4S. The molecule has 1 aromatic carbocycles. The zero-order valence-corrected chi connectivity index (χ0v) is 12.4. The summed E-state index contributed by atoms with van der Waals surface area (Å²) in [5.74, 6) is -2.41. The number of sulfonamides is 1. The third-order valence-corrected chi connectivity index (χ3v) is 5.52. The minimum Gasteiger partial charge on any atom is -0.478 e. The number of nitrogens with zero attached hydrogens (tertiary/aromatic N) is 1. The molecule has 1 fully saturated rings. The summed E-state index contributed by atoms with van der Waals surface area (Å²) in [7, 11) is -3.77. The smallest absolute Gasteiger partial charge is 0.338 e. The molecule has 0 atom stereocenters. The maximum absolute atomic E-state index is 13.4. The first-order chi connectivity index (χ1) is 9.93. The zero-order chi connectivity index (χ0) is 15.5. The number of carboxylic acids is 1. The normalized spacial score (nSPS) is 18.0. The van der Waals surface area contributed by atoms with Gasteiger partial charge in [-0.3, -0.25) is 0 Å². The third-order valence-electron chi connectivity index (χ3n) is 3.62. The van der Waals surface area contributed by atoms with Crippen molar-refractivity contribution in [3.05, 3.63) is 29.6 Å². The molecule has 5 nitrogen and oxygen atoms in total. The molecule has 1 N–H and O–H groups in total. The molecule has 1 aliphatic heterocycles. The van der Waals surface area contributed by atoms with Crippen LogP contribution in [-0.2, 0) is 10.0 Å². The van der Waals surface area contributed by atoms with Gasteiger partial charge in [-0.15, -0.1) is 0 Å². The highest BCUT2D eigenvalue weighted by Crippen LogP contribution is 2.22. The number of carbonyl (C=O) groups is 1. The van der Waals surface area contributed by atoms with Crippen molar-refractivity contribution >= 4 is 16.0 Å². The summed E-state index contributed by atoms with van der Waals surface area (Å²) in [5.41, 5.74) is -0.622. The fourth-order valence-corrected chi connectivity index (χ4v) is 3.98. The van der Waals surface area contributed by atoms with Crippen LogP contribution in [0.4, 0.5) is 4.39 Å². The molecule has 116 valence electrons. The van der Waals surface area contributed by atoms with Gasteiger partial charge in [0.05, 0.1) is 10.5 Å². The number of benzene rings is 1. The quantitative estimate of drug-likeness (QED) is 0.930. The predicted octanol–water partition coefficient (Wildman–Crippen LogP) is 2.48. The van der Waals surface area contributed by atoms with E-state index < -0.39 is 27.4 Å². The van der Waals surface area contributed by atoms with Gasteiger partial charge < -0.3 is 5.11 Å². The summed E-state index contributed by atoms with van der Waals surface area (Å²) >= 11 is 0. The van der Waals surface area contributed by atoms with Gasteiger partial charge in [-0.05, 0) is 31.0 Å². The lowest BCUT2D eigenvalue weighted by atomic mass is 10.1. The van der Waals surface area contributed by atoms with Crippen LogP contribution in [0.25, 0.3) is 0 Å². The second-order valence-electron chi connectivity index (χ2n) is 5.12. The van der Waals surface area contributed by atoms with Gasteiger partial charge in [0.15, 0.2) is 0 Å². The highest BCUT2D eigenvalue weighted by atomic mass is 32.2. The van der Waals surface area contributed by atoms with Crippen molar-refractivity contribution in [2.24, 2.45) is 0 Å². The molecule has 1 aliphatic rings. The fraction of sp³-hybridized carbons (Fsp3) is 0.500. The minimum absolute atomic E-state index is 0.165. The van der Waals surface area contributed by atoms with Crippen molar-refractivity contribution in [1.29, 1.82) is 0 Å². The third kappa shape index (κ3) is 3.59. The van der Waals surface area contributed by atoms with E-state index in [2.05, 4.69) is 0 Å². The van der Waals surface area contributed by atoms with Gasteiger partial charge in [-0.25, -0.2) is 17.6 Å². The molecule has 0 aliphatic carbocycles. The number of rotatable bonds is 3. The van der Waals surface area contributed by atoms with Gasteiger partial charge in [0.2, 0.25) is 10.0 Å². The van der Waals surface area contributed by atoms with E-state index in [1.165, 1.54) is 4.31 Å². The van der Waals surface area contributed by atoms with Gasteiger partial charge in [0.1, 0.15) is 5.82 Å². The van der Waals surface area contributed by atoms with Crippen molar-refractivity contribution in [2.75, 3.05) is 13.1 Å². The fourth-order valence-electron chi connectivity index (χ4n) is 2.44. The Bertz CT molecular complexity index is 622. The number of hydrogen-bond acceptors (Lipinski definition) is 3. The molecule has 7 heteroatoms. The van der Waals surface area contributed by atoms with Crippen LogP contribution >= 0.6 is 0 Å². The van der Waals surface area contributed by atoms with E-state index in [-0.39, 0.29) is 4.90 Å². The van der Waals surface area contributed by atoms with Gasteiger partial charge >= 0.3 is 5.97 Å². The summed E-state index contributed by atoms with van der Waals surface area (Å²) in [6.07, 6.45) is 4.64. The van der Waals surface area contributed by atoms with E-state index in [1.807, 2.05) is 0 Å². The summed E-state index contributed by atoms with van der Waals surface area (Å²) in [5, 5.41) is 8.90. The van der Waals surface area contributed by atoms with Gasteiger partial charge in [0, 0.05) is 13.1 Å². The Morgan fingerprint density at radius 2 is 1.67 bits per heavy atom. The molecule has 0 amide bonds. The Morgan fingerprint density at radius 3 is 2.24 bits per heavy atom. The molecule has 0 spiro atoms. The Hall–Kier alpha value is -1.47. The molecule has 21 heavy (non-hydrogen) atoms. The highest BCUT2D eigenvalue weighted by molar-refractivity contribution is 7.89. The molecule has 0 radical (unpaired) electrons. The van der Waals surface area contributed by atoms with E-state index in [4.69, 9.17) is 5.11 Å². The lowest BCUT2D eigenvalue weighted by Crippen LogP contribution is -2.34. The first-order valence-electron chi connectivity index (χ1n) is 6.96. The molecule has 0 saturated carbocycles. The van der Waals surface area contributed by atoms with Crippen LogP contribution in [0.15, 0.2) is 23.1 Å². The van der Waals surface area contributed by atoms with Crippen molar-refractivity contribution in [2.45, 2.75) is 37.0 Å². The Kier molecular flexibility index (Phi) is 4.95. The number of halogens is 1. The summed E-state index contributed by atoms with van der Waals surface area (Å²) in [6, 6.07) is 2.90. The van der Waals surface area contributed by atoms with Crippen molar-refractivity contribution in [3.8, 4) is 0 Å². The zero-order valence-electron chi connectivity index (χ0n) is 11.6. The van der Waals surface area contributed by atoms with Crippen LogP contribution < -0.4 is 0 Å². The van der Waals surface area contributed by atoms with Gasteiger partial charge in [0.25, 0.3) is 0 Å². The van der Waals surface area contributed by atoms with Crippen LogP contribution in [0.3, 0.4) is 0 Å². The summed E-state index contributed by atoms with van der Waals surface area (Å²) < 4.78 is 39.8. The van der Waals surface area contributed by atoms with E-state index in [1.54, 1.807) is 0 Å². The first-order valence-corrected chi connectivity index (χ1v) is 8.40. The maximum atomic E-state index is 13.4. The lowest BCUT2D eigenvalue weighted by Gasteiger charge is -2.24. The highest BCUT2D eigenvalue weighted by Gasteiger charge is 2.26. The largest absolute Gasteiger partial charge is 0.478 e. The molecular weight excluding hydrogens is 297 g/mol. The van der Waals surface area contributed by atoms with Crippen LogP contribution in [0, 0.1) is 5.82 Å². The summed E-state index contributed by atoms with van der Waals surface area (Å²) in [6.45, 7) is 0.838. The number of hydrogen-bond donors (Lipinski definition) is 1. The van der Waals surface area contributed by atoms with Crippen LogP contribution in [0.1, 0.15) is 42.5 Å². The van der Waals surface area contributed by atoms with E-state index in [9.17, 15) is 17.6 Å². The van der Waals surface area contributed by atoms with E-state index in [0.29, 0.717) is 13.1 Å². The standard InChI is InChI=1S/C14H18FNO4S/c15-13-7-6-11(10-12(13)14(17)18)21(19,20)16-8-4-2-1-3-5-9-16/h6-7,10H,1-5,8-9H2,(H,17,18). The van der Waals surface area contributed by atoms with Crippen molar-refractivity contribution < 1.29 is 22.7 Å². The second kappa shape index (κ2) is 6.53. The predicted molar refractivity (Wildman–Crippen MR) is 75.2 cm³/mol. The van der Waals surface area contributed by atoms with E-state index >= 15 is 0 Å². The molecule has 1 aromatic rings. The average molecular weight is 315 g/mol. The van der Waals surface area contributed by atoms with E-state index in [0.717, 1.165) is 50.3 Å². The Balaban J connectivity index is 2.34. The second-order valence-corrected chi connectivity index (χ2v) is 7.06. The topological polar surface area (TPSA) is 74.7 Å². The minimum atomic E-state index is -3.77. The molecule has 2 rings (SSSR count). The molecule has 0 unspecified atom stereocenters. The number of aromatic carboxylic acids is 1. The number of carboxylic acid groups (broad SMARTS) is 1. The lowest BCUT2D eigenvalue weighted by molar-refractivity contribution is 0.0691. The van der Waals surface area contributed by atoms with Gasteiger partial charge in [-0.1, -0.05) is 19.3 Å². The van der Waals surface area contributed by atoms with Crippen LogP contribution in [0.5, 0.6) is 0 Å². The molecule has 0 bridgehead atoms. The first kappa shape index (κ1) is 15.9. The van der Waals surface area contributed by atoms with Crippen molar-refractivity contribution in [3.63, 3.8) is 0 Å².